The quantitative estimate of drug-likeness (QED) is 0.461. The summed E-state index contributed by atoms with van der Waals surface area (Å²) in [5.74, 6) is 0. The van der Waals surface area contributed by atoms with E-state index in [9.17, 15) is 0 Å². The Bertz CT molecular complexity index is 856. The monoisotopic (exact) mass is 432 g/mol. The molecule has 2 N–H and O–H groups in total. The molecular weight excluding hydrogens is 408 g/mol. The molecule has 1 aliphatic heterocycles. The third-order valence-corrected chi connectivity index (χ3v) is 6.25. The number of aromatic nitrogens is 2. The van der Waals surface area contributed by atoms with Crippen LogP contribution in [0.25, 0.3) is 22.0 Å². The average molecular weight is 433 g/mol. The molecule has 1 aromatic carbocycles. The van der Waals surface area contributed by atoms with Crippen LogP contribution in [-0.4, -0.2) is 54.8 Å². The Hall–Kier alpha value is -1.62. The maximum Gasteiger partial charge on any atom is 0.209 e. The summed E-state index contributed by atoms with van der Waals surface area (Å²) in [7, 11) is 4.07. The lowest BCUT2D eigenvalue weighted by Gasteiger charge is -2.11. The normalized spacial score (nSPS) is 13.8. The Kier molecular flexibility index (Phi) is 8.13. The van der Waals surface area contributed by atoms with Crippen LogP contribution in [-0.2, 0) is 0 Å². The molecule has 0 saturated carbocycles. The fraction of sp³-hybridized carbons (Fsp3) is 0.316. The number of nitrogens with zero attached hydrogens (tertiary/aromatic N) is 4. The molecule has 0 radical (unpaired) electrons. The lowest BCUT2D eigenvalue weighted by Crippen LogP contribution is -2.37. The second-order valence-electron chi connectivity index (χ2n) is 6.17. The molecule has 2 aromatic heterocycles. The molecule has 0 unspecified atom stereocenters. The van der Waals surface area contributed by atoms with E-state index in [0.717, 1.165) is 28.6 Å². The molecular formula is C19H24N6S3. The SMILES string of the molecule is C1CNCNC1.C=Nc1nc(-c2csc(-c3ccc(SN(C)C)cc3)n2)cs1. The van der Waals surface area contributed by atoms with Crippen molar-refractivity contribution in [1.29, 1.82) is 0 Å². The van der Waals surface area contributed by atoms with Crippen LogP contribution in [0.3, 0.4) is 0 Å². The molecule has 9 heteroatoms. The van der Waals surface area contributed by atoms with Crippen molar-refractivity contribution in [3.63, 3.8) is 0 Å². The summed E-state index contributed by atoms with van der Waals surface area (Å²) in [6.45, 7) is 6.87. The van der Waals surface area contributed by atoms with Crippen molar-refractivity contribution in [1.82, 2.24) is 24.9 Å². The number of thiazole rings is 2. The zero-order valence-corrected chi connectivity index (χ0v) is 18.5. The Labute approximate surface area is 178 Å². The average Bonchev–Trinajstić information content (AvgIpc) is 3.39. The molecule has 148 valence electrons. The van der Waals surface area contributed by atoms with Crippen LogP contribution in [0.5, 0.6) is 0 Å². The van der Waals surface area contributed by atoms with E-state index in [-0.39, 0.29) is 0 Å². The molecule has 3 heterocycles. The van der Waals surface area contributed by atoms with Crippen molar-refractivity contribution in [2.24, 2.45) is 4.99 Å². The summed E-state index contributed by atoms with van der Waals surface area (Å²) in [4.78, 5) is 14.1. The molecule has 0 spiro atoms. The molecule has 3 aromatic rings. The molecule has 28 heavy (non-hydrogen) atoms. The second-order valence-corrected chi connectivity index (χ2v) is 9.25. The lowest BCUT2D eigenvalue weighted by atomic mass is 10.2. The van der Waals surface area contributed by atoms with Crippen molar-refractivity contribution >= 4 is 46.5 Å². The maximum atomic E-state index is 4.67. The standard InChI is InChI=1S/C15H14N4S3.C4H10N2/c1-16-15-18-13(9-21-15)12-8-20-14(17-12)10-4-6-11(7-5-10)22-19(2)3;1-2-5-4-6-3-1/h4-9H,1H2,2-3H3;5-6H,1-4H2. The predicted molar refractivity (Wildman–Crippen MR) is 123 cm³/mol. The van der Waals surface area contributed by atoms with E-state index in [1.54, 1.807) is 23.3 Å². The third-order valence-electron chi connectivity index (χ3n) is 3.74. The van der Waals surface area contributed by atoms with Crippen LogP contribution in [0.15, 0.2) is 44.9 Å². The van der Waals surface area contributed by atoms with Crippen LogP contribution in [0.1, 0.15) is 6.42 Å². The fourth-order valence-corrected chi connectivity index (χ4v) is 4.57. The van der Waals surface area contributed by atoms with Gasteiger partial charge in [-0.15, -0.1) is 22.7 Å². The lowest BCUT2D eigenvalue weighted by molar-refractivity contribution is 0.496. The van der Waals surface area contributed by atoms with Crippen LogP contribution in [0, 0.1) is 0 Å². The van der Waals surface area contributed by atoms with E-state index in [2.05, 4.69) is 60.9 Å². The number of nitrogens with one attached hydrogen (secondary N) is 2. The number of hydrogen-bond acceptors (Lipinski definition) is 9. The van der Waals surface area contributed by atoms with E-state index < -0.39 is 0 Å². The first-order valence-electron chi connectivity index (χ1n) is 8.91. The fourth-order valence-electron chi connectivity index (χ4n) is 2.45. The zero-order valence-electron chi connectivity index (χ0n) is 16.0. The Balaban J connectivity index is 0.000000320. The maximum absolute atomic E-state index is 4.67. The first-order valence-corrected chi connectivity index (χ1v) is 11.4. The van der Waals surface area contributed by atoms with Crippen LogP contribution in [0.4, 0.5) is 5.13 Å². The molecule has 1 fully saturated rings. The summed E-state index contributed by atoms with van der Waals surface area (Å²) in [6.07, 6.45) is 1.28. The van der Waals surface area contributed by atoms with E-state index >= 15 is 0 Å². The topological polar surface area (TPSA) is 65.4 Å². The minimum atomic E-state index is 0.676. The molecule has 4 rings (SSSR count). The summed E-state index contributed by atoms with van der Waals surface area (Å²) in [6, 6.07) is 8.44. The Morgan fingerprint density at radius 3 is 2.25 bits per heavy atom. The molecule has 1 aliphatic rings. The Morgan fingerprint density at radius 1 is 1.04 bits per heavy atom. The highest BCUT2D eigenvalue weighted by Gasteiger charge is 2.10. The van der Waals surface area contributed by atoms with Crippen molar-refractivity contribution in [2.45, 2.75) is 11.3 Å². The van der Waals surface area contributed by atoms with Crippen molar-refractivity contribution in [3.8, 4) is 22.0 Å². The highest BCUT2D eigenvalue weighted by atomic mass is 32.2. The highest BCUT2D eigenvalue weighted by molar-refractivity contribution is 7.97. The van der Waals surface area contributed by atoms with Crippen LogP contribution in [0.2, 0.25) is 0 Å². The van der Waals surface area contributed by atoms with Gasteiger partial charge in [-0.3, -0.25) is 4.31 Å². The van der Waals surface area contributed by atoms with Gasteiger partial charge in [-0.25, -0.2) is 15.0 Å². The summed E-state index contributed by atoms with van der Waals surface area (Å²) in [5, 5.41) is 12.0. The first-order chi connectivity index (χ1) is 13.7. The van der Waals surface area contributed by atoms with Crippen molar-refractivity contribution in [2.75, 3.05) is 33.9 Å². The smallest absolute Gasteiger partial charge is 0.209 e. The van der Waals surface area contributed by atoms with E-state index in [1.807, 2.05) is 24.9 Å². The van der Waals surface area contributed by atoms with E-state index in [1.165, 1.54) is 35.7 Å². The van der Waals surface area contributed by atoms with Gasteiger partial charge in [-0.1, -0.05) is 12.1 Å². The summed E-state index contributed by atoms with van der Waals surface area (Å²) in [5.41, 5.74) is 2.87. The van der Waals surface area contributed by atoms with Gasteiger partial charge in [0.1, 0.15) is 16.4 Å². The highest BCUT2D eigenvalue weighted by Crippen LogP contribution is 2.32. The molecule has 0 aliphatic carbocycles. The Morgan fingerprint density at radius 2 is 1.71 bits per heavy atom. The van der Waals surface area contributed by atoms with Gasteiger partial charge in [0.25, 0.3) is 0 Å². The van der Waals surface area contributed by atoms with Gasteiger partial charge in [-0.05, 0) is 64.4 Å². The molecule has 6 nitrogen and oxygen atoms in total. The minimum Gasteiger partial charge on any atom is -0.304 e. The molecule has 0 bridgehead atoms. The number of benzene rings is 1. The summed E-state index contributed by atoms with van der Waals surface area (Å²) >= 11 is 4.80. The second kappa shape index (κ2) is 10.8. The predicted octanol–water partition coefficient (Wildman–Crippen LogP) is 4.36. The number of aliphatic imine (C=N–C) groups is 1. The van der Waals surface area contributed by atoms with Gasteiger partial charge in [-0.2, -0.15) is 0 Å². The van der Waals surface area contributed by atoms with Crippen molar-refractivity contribution < 1.29 is 0 Å². The van der Waals surface area contributed by atoms with E-state index in [4.69, 9.17) is 0 Å². The van der Waals surface area contributed by atoms with Crippen LogP contribution < -0.4 is 10.6 Å². The first kappa shape index (κ1) is 21.1. The van der Waals surface area contributed by atoms with Gasteiger partial charge in [0.15, 0.2) is 0 Å². The number of rotatable bonds is 5. The van der Waals surface area contributed by atoms with E-state index in [0.29, 0.717) is 5.13 Å². The van der Waals surface area contributed by atoms with Gasteiger partial charge in [0.05, 0.1) is 0 Å². The molecule has 0 amide bonds. The van der Waals surface area contributed by atoms with Gasteiger partial charge in [0, 0.05) is 27.9 Å². The largest absolute Gasteiger partial charge is 0.304 e. The molecule has 1 saturated heterocycles. The van der Waals surface area contributed by atoms with Crippen LogP contribution >= 0.6 is 34.6 Å². The minimum absolute atomic E-state index is 0.676. The van der Waals surface area contributed by atoms with Gasteiger partial charge < -0.3 is 10.6 Å². The zero-order chi connectivity index (χ0) is 19.8. The van der Waals surface area contributed by atoms with Gasteiger partial charge >= 0.3 is 0 Å². The van der Waals surface area contributed by atoms with Gasteiger partial charge in [0.2, 0.25) is 5.13 Å². The summed E-state index contributed by atoms with van der Waals surface area (Å²) < 4.78 is 2.07. The van der Waals surface area contributed by atoms with Crippen molar-refractivity contribution in [3.05, 3.63) is 35.0 Å². The molecule has 0 atom stereocenters. The number of hydrogen-bond donors (Lipinski definition) is 2. The third kappa shape index (κ3) is 6.20.